The summed E-state index contributed by atoms with van der Waals surface area (Å²) in [6.07, 6.45) is 3.25. The van der Waals surface area contributed by atoms with Gasteiger partial charge >= 0.3 is 0 Å². The van der Waals surface area contributed by atoms with E-state index in [0.717, 1.165) is 55.1 Å². The summed E-state index contributed by atoms with van der Waals surface area (Å²) < 4.78 is 34.5. The molecule has 1 saturated heterocycles. The van der Waals surface area contributed by atoms with E-state index in [0.29, 0.717) is 4.90 Å². The average Bonchev–Trinajstić information content (AvgIpc) is 3.23. The van der Waals surface area contributed by atoms with E-state index >= 15 is 0 Å². The van der Waals surface area contributed by atoms with Gasteiger partial charge in [0.15, 0.2) is 0 Å². The number of anilines is 1. The molecule has 2 heterocycles. The van der Waals surface area contributed by atoms with E-state index in [2.05, 4.69) is 4.90 Å². The predicted molar refractivity (Wildman–Crippen MR) is 119 cm³/mol. The Morgan fingerprint density at radius 2 is 1.70 bits per heavy atom. The van der Waals surface area contributed by atoms with Gasteiger partial charge in [0.1, 0.15) is 5.76 Å². The Morgan fingerprint density at radius 1 is 0.967 bits per heavy atom. The Hall–Kier alpha value is -2.57. The lowest BCUT2D eigenvalue weighted by molar-refractivity contribution is 0.193. The number of hydrogen-bond acceptors (Lipinski definition) is 4. The Morgan fingerprint density at radius 3 is 2.33 bits per heavy atom. The van der Waals surface area contributed by atoms with Crippen molar-refractivity contribution in [2.45, 2.75) is 44.2 Å². The van der Waals surface area contributed by atoms with Gasteiger partial charge in [-0.15, -0.1) is 0 Å². The second-order valence-corrected chi connectivity index (χ2v) is 9.85. The molecule has 5 nitrogen and oxygen atoms in total. The minimum Gasteiger partial charge on any atom is -0.468 e. The van der Waals surface area contributed by atoms with Crippen LogP contribution in [0.5, 0.6) is 0 Å². The molecule has 0 aliphatic carbocycles. The maximum Gasteiger partial charge on any atom is 0.264 e. The fourth-order valence-electron chi connectivity index (χ4n) is 4.07. The zero-order valence-electron chi connectivity index (χ0n) is 17.5. The van der Waals surface area contributed by atoms with Crippen molar-refractivity contribution in [1.82, 2.24) is 4.90 Å². The highest BCUT2D eigenvalue weighted by Crippen LogP contribution is 2.31. The Bertz CT molecular complexity index is 1070. The molecule has 158 valence electrons. The van der Waals surface area contributed by atoms with Crippen molar-refractivity contribution >= 4 is 15.7 Å². The van der Waals surface area contributed by atoms with Crippen LogP contribution in [0, 0.1) is 13.8 Å². The standard InChI is InChI=1S/C24H28N2O3S/c1-19-8-10-24(11-9-19)30(27,28)26(22-6-3-5-20(2)17-22)21-12-14-25(15-13-21)18-23-7-4-16-29-23/h3-11,16-17,21H,12-15,18H2,1-2H3. The van der Waals surface area contributed by atoms with E-state index < -0.39 is 10.0 Å². The summed E-state index contributed by atoms with van der Waals surface area (Å²) in [5.41, 5.74) is 2.83. The summed E-state index contributed by atoms with van der Waals surface area (Å²) in [5, 5.41) is 0. The summed E-state index contributed by atoms with van der Waals surface area (Å²) in [4.78, 5) is 2.66. The first-order valence-electron chi connectivity index (χ1n) is 10.4. The van der Waals surface area contributed by atoms with E-state index in [9.17, 15) is 8.42 Å². The molecule has 0 spiro atoms. The second-order valence-electron chi connectivity index (χ2n) is 8.04. The number of nitrogens with zero attached hydrogens (tertiary/aromatic N) is 2. The molecule has 0 N–H and O–H groups in total. The van der Waals surface area contributed by atoms with E-state index in [1.54, 1.807) is 22.7 Å². The van der Waals surface area contributed by atoms with Gasteiger partial charge in [0.2, 0.25) is 0 Å². The van der Waals surface area contributed by atoms with Crippen LogP contribution in [-0.4, -0.2) is 32.4 Å². The zero-order valence-corrected chi connectivity index (χ0v) is 18.3. The van der Waals surface area contributed by atoms with Crippen LogP contribution >= 0.6 is 0 Å². The third kappa shape index (κ3) is 4.45. The Labute approximate surface area is 179 Å². The van der Waals surface area contributed by atoms with Gasteiger partial charge in [0.25, 0.3) is 10.0 Å². The molecule has 0 atom stereocenters. The molecule has 2 aromatic carbocycles. The number of aryl methyl sites for hydroxylation is 2. The maximum atomic E-state index is 13.7. The molecule has 3 aromatic rings. The van der Waals surface area contributed by atoms with Crippen molar-refractivity contribution in [1.29, 1.82) is 0 Å². The summed E-state index contributed by atoms with van der Waals surface area (Å²) in [6, 6.07) is 18.7. The molecule has 0 bridgehead atoms. The quantitative estimate of drug-likeness (QED) is 0.573. The van der Waals surface area contributed by atoms with Crippen LogP contribution < -0.4 is 4.31 Å². The maximum absolute atomic E-state index is 13.7. The molecule has 4 rings (SSSR count). The molecule has 1 aliphatic heterocycles. The van der Waals surface area contributed by atoms with Gasteiger partial charge in [-0.05, 0) is 68.7 Å². The normalized spacial score (nSPS) is 15.9. The van der Waals surface area contributed by atoms with Crippen LogP contribution in [0.3, 0.4) is 0 Å². The summed E-state index contributed by atoms with van der Waals surface area (Å²) in [7, 11) is -3.66. The Balaban J connectivity index is 1.61. The first-order valence-corrected chi connectivity index (χ1v) is 11.8. The third-order valence-corrected chi connectivity index (χ3v) is 7.58. The van der Waals surface area contributed by atoms with Gasteiger partial charge in [0, 0.05) is 19.1 Å². The van der Waals surface area contributed by atoms with Crippen molar-refractivity contribution in [2.24, 2.45) is 0 Å². The third-order valence-electron chi connectivity index (χ3n) is 5.68. The molecule has 1 aliphatic rings. The second kappa shape index (κ2) is 8.66. The lowest BCUT2D eigenvalue weighted by Gasteiger charge is -2.38. The van der Waals surface area contributed by atoms with Crippen LogP contribution in [0.1, 0.15) is 29.7 Å². The molecule has 0 unspecified atom stereocenters. The fourth-order valence-corrected chi connectivity index (χ4v) is 5.77. The molecular weight excluding hydrogens is 396 g/mol. The molecule has 6 heteroatoms. The van der Waals surface area contributed by atoms with Gasteiger partial charge in [-0.1, -0.05) is 29.8 Å². The molecule has 1 aromatic heterocycles. The fraction of sp³-hybridized carbons (Fsp3) is 0.333. The van der Waals surface area contributed by atoms with Gasteiger partial charge in [0.05, 0.1) is 23.4 Å². The van der Waals surface area contributed by atoms with Gasteiger partial charge < -0.3 is 4.42 Å². The monoisotopic (exact) mass is 424 g/mol. The van der Waals surface area contributed by atoms with Gasteiger partial charge in [-0.3, -0.25) is 9.21 Å². The minimum absolute atomic E-state index is 0.0778. The van der Waals surface area contributed by atoms with Crippen LogP contribution in [0.15, 0.2) is 76.2 Å². The summed E-state index contributed by atoms with van der Waals surface area (Å²) >= 11 is 0. The summed E-state index contributed by atoms with van der Waals surface area (Å²) in [5.74, 6) is 0.941. The van der Waals surface area contributed by atoms with E-state index in [1.807, 2.05) is 62.4 Å². The summed E-state index contributed by atoms with van der Waals surface area (Å²) in [6.45, 7) is 6.37. The number of hydrogen-bond donors (Lipinski definition) is 0. The van der Waals surface area contributed by atoms with Gasteiger partial charge in [-0.2, -0.15) is 0 Å². The predicted octanol–water partition coefficient (Wildman–Crippen LogP) is 4.76. The number of rotatable bonds is 6. The first-order chi connectivity index (χ1) is 14.4. The van der Waals surface area contributed by atoms with Crippen molar-refractivity contribution in [2.75, 3.05) is 17.4 Å². The van der Waals surface area contributed by atoms with E-state index in [-0.39, 0.29) is 6.04 Å². The highest BCUT2D eigenvalue weighted by Gasteiger charge is 2.34. The number of piperidine rings is 1. The van der Waals surface area contributed by atoms with Crippen LogP contribution in [0.25, 0.3) is 0 Å². The molecular formula is C24H28N2O3S. The Kier molecular flexibility index (Phi) is 5.97. The van der Waals surface area contributed by atoms with Crippen LogP contribution in [0.4, 0.5) is 5.69 Å². The highest BCUT2D eigenvalue weighted by molar-refractivity contribution is 7.92. The largest absolute Gasteiger partial charge is 0.468 e. The molecule has 30 heavy (non-hydrogen) atoms. The van der Waals surface area contributed by atoms with E-state index in [4.69, 9.17) is 4.42 Å². The average molecular weight is 425 g/mol. The SMILES string of the molecule is Cc1ccc(S(=O)(=O)N(c2cccc(C)c2)C2CCN(Cc3ccco3)CC2)cc1. The molecule has 0 radical (unpaired) electrons. The van der Waals surface area contributed by atoms with Gasteiger partial charge in [-0.25, -0.2) is 8.42 Å². The molecule has 0 amide bonds. The van der Waals surface area contributed by atoms with Crippen molar-refractivity contribution in [3.63, 3.8) is 0 Å². The topological polar surface area (TPSA) is 53.8 Å². The smallest absolute Gasteiger partial charge is 0.264 e. The lowest BCUT2D eigenvalue weighted by atomic mass is 10.0. The van der Waals surface area contributed by atoms with Crippen LogP contribution in [0.2, 0.25) is 0 Å². The number of benzene rings is 2. The highest BCUT2D eigenvalue weighted by atomic mass is 32.2. The van der Waals surface area contributed by atoms with Crippen LogP contribution in [-0.2, 0) is 16.6 Å². The molecule has 0 saturated carbocycles. The van der Waals surface area contributed by atoms with Crippen molar-refractivity contribution in [3.05, 3.63) is 83.8 Å². The van der Waals surface area contributed by atoms with E-state index in [1.165, 1.54) is 0 Å². The minimum atomic E-state index is -3.66. The zero-order chi connectivity index (χ0) is 21.1. The van der Waals surface area contributed by atoms with Crippen molar-refractivity contribution < 1.29 is 12.8 Å². The first kappa shape index (κ1) is 20.7. The molecule has 1 fully saturated rings. The lowest BCUT2D eigenvalue weighted by Crippen LogP contribution is -2.47. The van der Waals surface area contributed by atoms with Crippen molar-refractivity contribution in [3.8, 4) is 0 Å². The number of furan rings is 1. The number of sulfonamides is 1. The number of likely N-dealkylation sites (tertiary alicyclic amines) is 1.